The number of nitrogens with zero attached hydrogens (tertiary/aromatic N) is 2. The summed E-state index contributed by atoms with van der Waals surface area (Å²) < 4.78 is 0. The molecule has 4 rings (SSSR count). The van der Waals surface area contributed by atoms with Crippen LogP contribution < -0.4 is 0 Å². The highest BCUT2D eigenvalue weighted by molar-refractivity contribution is 5.85. The molecule has 4 aromatic carbocycles. The number of hydrogen-bond donors (Lipinski definition) is 4. The smallest absolute Gasteiger partial charge is 0.128 e. The first-order valence-electron chi connectivity index (χ1n) is 10.7. The molecule has 0 bridgehead atoms. The number of phenolic OH excluding ortho intramolecular Hbond substituents is 4. The highest BCUT2D eigenvalue weighted by Crippen LogP contribution is 2.36. The normalized spacial score (nSPS) is 13.3. The van der Waals surface area contributed by atoms with Crippen LogP contribution in [0.25, 0.3) is 0 Å². The molecule has 0 aliphatic carbocycles. The molecule has 0 radical (unpaired) electrons. The Morgan fingerprint density at radius 1 is 0.500 bits per heavy atom. The lowest BCUT2D eigenvalue weighted by molar-refractivity contribution is 0.449. The Hall–Kier alpha value is -4.58. The van der Waals surface area contributed by atoms with Gasteiger partial charge in [-0.3, -0.25) is 9.98 Å². The number of phenols is 4. The van der Waals surface area contributed by atoms with Crippen molar-refractivity contribution in [3.05, 3.63) is 119 Å². The molecular formula is C28H24N2O4. The fraction of sp³-hybridized carbons (Fsp3) is 0.0714. The highest BCUT2D eigenvalue weighted by atomic mass is 16.3. The molecule has 0 fully saturated rings. The third-order valence-electron chi connectivity index (χ3n) is 5.36. The van der Waals surface area contributed by atoms with Gasteiger partial charge in [-0.1, -0.05) is 60.7 Å². The predicted octanol–water partition coefficient (Wildman–Crippen LogP) is 5.53. The van der Waals surface area contributed by atoms with Crippen molar-refractivity contribution in [3.8, 4) is 23.0 Å². The quantitative estimate of drug-likeness (QED) is 0.277. The Labute approximate surface area is 197 Å². The van der Waals surface area contributed by atoms with Crippen LogP contribution in [0, 0.1) is 0 Å². The van der Waals surface area contributed by atoms with E-state index in [-0.39, 0.29) is 23.0 Å². The molecule has 0 aliphatic rings. The van der Waals surface area contributed by atoms with E-state index >= 15 is 0 Å². The molecule has 4 N–H and O–H groups in total. The molecule has 0 unspecified atom stereocenters. The number of rotatable bonds is 7. The van der Waals surface area contributed by atoms with E-state index in [1.165, 1.54) is 24.3 Å². The van der Waals surface area contributed by atoms with Gasteiger partial charge in [-0.05, 0) is 35.4 Å². The second-order valence-corrected chi connectivity index (χ2v) is 7.75. The van der Waals surface area contributed by atoms with E-state index in [9.17, 15) is 20.4 Å². The molecule has 0 heterocycles. The van der Waals surface area contributed by atoms with Crippen molar-refractivity contribution >= 4 is 12.4 Å². The van der Waals surface area contributed by atoms with Crippen LogP contribution in [0.3, 0.4) is 0 Å². The summed E-state index contributed by atoms with van der Waals surface area (Å²) >= 11 is 0. The van der Waals surface area contributed by atoms with Crippen LogP contribution in [0.4, 0.5) is 0 Å². The Morgan fingerprint density at radius 3 is 1.24 bits per heavy atom. The summed E-state index contributed by atoms with van der Waals surface area (Å²) in [5.74, 6) is -0.224. The topological polar surface area (TPSA) is 106 Å². The second-order valence-electron chi connectivity index (χ2n) is 7.75. The molecule has 34 heavy (non-hydrogen) atoms. The SMILES string of the molecule is Oc1ccc(C=N[C@H](c2ccccc2)[C@@H](N=Cc2ccc(O)cc2O)c2ccccc2)c(O)c1. The Balaban J connectivity index is 1.79. The fourth-order valence-electron chi connectivity index (χ4n) is 3.60. The third kappa shape index (κ3) is 5.42. The highest BCUT2D eigenvalue weighted by Gasteiger charge is 2.23. The van der Waals surface area contributed by atoms with Gasteiger partial charge in [0, 0.05) is 35.7 Å². The summed E-state index contributed by atoms with van der Waals surface area (Å²) in [6, 6.07) is 27.2. The first-order valence-corrected chi connectivity index (χ1v) is 10.7. The first kappa shape index (κ1) is 22.6. The maximum atomic E-state index is 10.2. The van der Waals surface area contributed by atoms with Gasteiger partial charge in [0.15, 0.2) is 0 Å². The van der Waals surface area contributed by atoms with Gasteiger partial charge in [-0.25, -0.2) is 0 Å². The Kier molecular flexibility index (Phi) is 6.89. The van der Waals surface area contributed by atoms with Crippen LogP contribution in [0.15, 0.2) is 107 Å². The maximum absolute atomic E-state index is 10.2. The number of benzene rings is 4. The maximum Gasteiger partial charge on any atom is 0.128 e. The zero-order valence-corrected chi connectivity index (χ0v) is 18.2. The Morgan fingerprint density at radius 2 is 0.882 bits per heavy atom. The van der Waals surface area contributed by atoms with E-state index < -0.39 is 12.1 Å². The van der Waals surface area contributed by atoms with Gasteiger partial charge < -0.3 is 20.4 Å². The van der Waals surface area contributed by atoms with Crippen LogP contribution in [0.5, 0.6) is 23.0 Å². The van der Waals surface area contributed by atoms with E-state index in [2.05, 4.69) is 0 Å². The number of aliphatic imine (C=N–C) groups is 2. The minimum Gasteiger partial charge on any atom is -0.508 e. The van der Waals surface area contributed by atoms with Crippen LogP contribution in [-0.2, 0) is 0 Å². The molecule has 0 saturated carbocycles. The largest absolute Gasteiger partial charge is 0.508 e. The predicted molar refractivity (Wildman–Crippen MR) is 133 cm³/mol. The van der Waals surface area contributed by atoms with Gasteiger partial charge >= 0.3 is 0 Å². The zero-order valence-electron chi connectivity index (χ0n) is 18.2. The first-order chi connectivity index (χ1) is 16.5. The van der Waals surface area contributed by atoms with Crippen molar-refractivity contribution in [1.82, 2.24) is 0 Å². The summed E-state index contributed by atoms with van der Waals surface area (Å²) in [5, 5.41) is 39.6. The van der Waals surface area contributed by atoms with Crippen molar-refractivity contribution < 1.29 is 20.4 Å². The zero-order chi connectivity index (χ0) is 23.9. The average molecular weight is 453 g/mol. The van der Waals surface area contributed by atoms with Crippen molar-refractivity contribution in [3.63, 3.8) is 0 Å². The fourth-order valence-corrected chi connectivity index (χ4v) is 3.60. The van der Waals surface area contributed by atoms with Crippen LogP contribution in [0.2, 0.25) is 0 Å². The summed E-state index contributed by atoms with van der Waals surface area (Å²) in [6.45, 7) is 0. The second kappa shape index (κ2) is 10.4. The minimum absolute atomic E-state index is 0.0327. The van der Waals surface area contributed by atoms with E-state index in [1.807, 2.05) is 60.7 Å². The van der Waals surface area contributed by atoms with Crippen molar-refractivity contribution in [2.24, 2.45) is 9.98 Å². The summed E-state index contributed by atoms with van der Waals surface area (Å²) in [6.07, 6.45) is 3.13. The molecule has 6 heteroatoms. The minimum atomic E-state index is -0.452. The van der Waals surface area contributed by atoms with Gasteiger partial charge in [0.05, 0.1) is 0 Å². The molecule has 0 amide bonds. The molecule has 0 saturated heterocycles. The van der Waals surface area contributed by atoms with Crippen LogP contribution in [-0.4, -0.2) is 32.9 Å². The standard InChI is InChI=1S/C28H24N2O4/c31-23-13-11-21(25(33)15-23)17-29-27(19-7-3-1-4-8-19)28(20-9-5-2-6-10-20)30-18-22-12-14-24(32)16-26(22)34/h1-18,27-28,31-34H/t27-,28+. The van der Waals surface area contributed by atoms with Crippen molar-refractivity contribution in [2.45, 2.75) is 12.1 Å². The molecule has 0 aromatic heterocycles. The van der Waals surface area contributed by atoms with E-state index in [4.69, 9.17) is 9.98 Å². The third-order valence-corrected chi connectivity index (χ3v) is 5.36. The Bertz CT molecular complexity index is 1200. The lowest BCUT2D eigenvalue weighted by Gasteiger charge is -2.22. The summed E-state index contributed by atoms with van der Waals surface area (Å²) in [4.78, 5) is 9.59. The van der Waals surface area contributed by atoms with Gasteiger partial charge in [-0.2, -0.15) is 0 Å². The van der Waals surface area contributed by atoms with E-state index in [0.29, 0.717) is 11.1 Å². The van der Waals surface area contributed by atoms with Gasteiger partial charge in [-0.15, -0.1) is 0 Å². The van der Waals surface area contributed by atoms with Crippen molar-refractivity contribution in [1.29, 1.82) is 0 Å². The number of aromatic hydroxyl groups is 4. The van der Waals surface area contributed by atoms with E-state index in [1.54, 1.807) is 24.6 Å². The summed E-state index contributed by atoms with van der Waals surface area (Å²) in [7, 11) is 0. The molecule has 6 nitrogen and oxygen atoms in total. The van der Waals surface area contributed by atoms with E-state index in [0.717, 1.165) is 11.1 Å². The lowest BCUT2D eigenvalue weighted by Crippen LogP contribution is -2.09. The van der Waals surface area contributed by atoms with Crippen LogP contribution >= 0.6 is 0 Å². The van der Waals surface area contributed by atoms with Crippen LogP contribution in [0.1, 0.15) is 34.3 Å². The molecule has 2 atom stereocenters. The monoisotopic (exact) mass is 452 g/mol. The van der Waals surface area contributed by atoms with Gasteiger partial charge in [0.2, 0.25) is 0 Å². The molecule has 0 aliphatic heterocycles. The number of hydrogen-bond acceptors (Lipinski definition) is 6. The molecular weight excluding hydrogens is 428 g/mol. The molecule has 4 aromatic rings. The lowest BCUT2D eigenvalue weighted by atomic mass is 9.94. The van der Waals surface area contributed by atoms with Crippen molar-refractivity contribution in [2.75, 3.05) is 0 Å². The molecule has 170 valence electrons. The summed E-state index contributed by atoms with van der Waals surface area (Å²) in [5.41, 5.74) is 2.76. The van der Waals surface area contributed by atoms with Gasteiger partial charge in [0.25, 0.3) is 0 Å². The average Bonchev–Trinajstić information content (AvgIpc) is 2.84. The van der Waals surface area contributed by atoms with Gasteiger partial charge in [0.1, 0.15) is 35.1 Å². The molecule has 0 spiro atoms.